The monoisotopic (exact) mass is 201 g/mol. The molecule has 0 bridgehead atoms. The smallest absolute Gasteiger partial charge is 0.137 e. The van der Waals surface area contributed by atoms with E-state index in [1.54, 1.807) is 0 Å². The van der Waals surface area contributed by atoms with E-state index < -0.39 is 0 Å². The number of nitrogens with zero attached hydrogens (tertiary/aromatic N) is 1. The molecule has 2 aromatic rings. The van der Waals surface area contributed by atoms with Crippen LogP contribution in [-0.2, 0) is 0 Å². The third-order valence-corrected chi connectivity index (χ3v) is 3.01. The maximum atomic E-state index is 4.30. The van der Waals surface area contributed by atoms with Crippen LogP contribution < -0.4 is 5.32 Å². The van der Waals surface area contributed by atoms with Gasteiger partial charge in [-0.15, -0.1) is 0 Å². The van der Waals surface area contributed by atoms with Crippen molar-refractivity contribution < 1.29 is 0 Å². The summed E-state index contributed by atoms with van der Waals surface area (Å²) >= 11 is 0. The van der Waals surface area contributed by atoms with E-state index in [1.807, 2.05) is 12.3 Å². The maximum Gasteiger partial charge on any atom is 0.137 e. The Bertz CT molecular complexity index is 470. The normalized spacial score (nSPS) is 18.2. The van der Waals surface area contributed by atoms with Crippen LogP contribution in [0.1, 0.15) is 31.4 Å². The van der Waals surface area contributed by atoms with Crippen molar-refractivity contribution in [1.82, 2.24) is 15.3 Å². The lowest BCUT2D eigenvalue weighted by atomic mass is 10.1. The van der Waals surface area contributed by atoms with Crippen LogP contribution in [-0.4, -0.2) is 16.0 Å². The molecule has 0 spiro atoms. The zero-order chi connectivity index (χ0) is 10.3. The Morgan fingerprint density at radius 2 is 2.40 bits per heavy atom. The molecule has 1 aliphatic carbocycles. The molecule has 3 rings (SSSR count). The number of fused-ring (bicyclic) bond motifs is 1. The summed E-state index contributed by atoms with van der Waals surface area (Å²) < 4.78 is 0. The SMILES string of the molecule is C[C@@H](NC1CC1)c1c[nH]c2ncccc12. The summed E-state index contributed by atoms with van der Waals surface area (Å²) in [6.45, 7) is 2.22. The Labute approximate surface area is 88.9 Å². The second-order valence-electron chi connectivity index (χ2n) is 4.31. The second-order valence-corrected chi connectivity index (χ2v) is 4.31. The van der Waals surface area contributed by atoms with Crippen molar-refractivity contribution in [2.24, 2.45) is 0 Å². The lowest BCUT2D eigenvalue weighted by Gasteiger charge is -2.11. The number of nitrogens with one attached hydrogen (secondary N) is 2. The van der Waals surface area contributed by atoms with E-state index in [0.29, 0.717) is 6.04 Å². The van der Waals surface area contributed by atoms with Gasteiger partial charge in [0.25, 0.3) is 0 Å². The largest absolute Gasteiger partial charge is 0.346 e. The fourth-order valence-electron chi connectivity index (χ4n) is 2.03. The predicted octanol–water partition coefficient (Wildman–Crippen LogP) is 2.38. The molecule has 1 atom stereocenters. The Kier molecular flexibility index (Phi) is 1.99. The average molecular weight is 201 g/mol. The van der Waals surface area contributed by atoms with Crippen LogP contribution in [0.25, 0.3) is 11.0 Å². The molecule has 1 saturated carbocycles. The molecule has 0 amide bonds. The highest BCUT2D eigenvalue weighted by Crippen LogP contribution is 2.27. The fraction of sp³-hybridized carbons (Fsp3) is 0.417. The second kappa shape index (κ2) is 3.35. The third kappa shape index (κ3) is 1.63. The molecule has 2 heterocycles. The van der Waals surface area contributed by atoms with Gasteiger partial charge in [-0.1, -0.05) is 0 Å². The minimum Gasteiger partial charge on any atom is -0.346 e. The van der Waals surface area contributed by atoms with Crippen molar-refractivity contribution in [1.29, 1.82) is 0 Å². The van der Waals surface area contributed by atoms with Crippen molar-refractivity contribution in [3.05, 3.63) is 30.1 Å². The average Bonchev–Trinajstić information content (AvgIpc) is 2.96. The van der Waals surface area contributed by atoms with E-state index in [4.69, 9.17) is 0 Å². The number of hydrogen-bond donors (Lipinski definition) is 2. The summed E-state index contributed by atoms with van der Waals surface area (Å²) in [4.78, 5) is 7.51. The van der Waals surface area contributed by atoms with Crippen molar-refractivity contribution in [2.75, 3.05) is 0 Å². The molecule has 1 aliphatic rings. The van der Waals surface area contributed by atoms with Gasteiger partial charge in [0, 0.05) is 29.9 Å². The predicted molar refractivity (Wildman–Crippen MR) is 60.7 cm³/mol. The number of rotatable bonds is 3. The topological polar surface area (TPSA) is 40.7 Å². The Hall–Kier alpha value is -1.35. The van der Waals surface area contributed by atoms with Gasteiger partial charge in [0.05, 0.1) is 0 Å². The van der Waals surface area contributed by atoms with Gasteiger partial charge < -0.3 is 10.3 Å². The Morgan fingerprint density at radius 1 is 1.53 bits per heavy atom. The van der Waals surface area contributed by atoms with Crippen LogP contribution >= 0.6 is 0 Å². The molecule has 0 unspecified atom stereocenters. The first-order valence-electron chi connectivity index (χ1n) is 5.52. The highest BCUT2D eigenvalue weighted by molar-refractivity contribution is 5.79. The lowest BCUT2D eigenvalue weighted by Crippen LogP contribution is -2.20. The molecular weight excluding hydrogens is 186 g/mol. The molecule has 3 heteroatoms. The summed E-state index contributed by atoms with van der Waals surface area (Å²) in [7, 11) is 0. The molecule has 1 fully saturated rings. The van der Waals surface area contributed by atoms with Crippen LogP contribution in [0.5, 0.6) is 0 Å². The number of aromatic amines is 1. The molecule has 0 aromatic carbocycles. The van der Waals surface area contributed by atoms with Gasteiger partial charge in [-0.2, -0.15) is 0 Å². The summed E-state index contributed by atoms with van der Waals surface area (Å²) in [5.74, 6) is 0. The van der Waals surface area contributed by atoms with Crippen molar-refractivity contribution in [3.63, 3.8) is 0 Å². The summed E-state index contributed by atoms with van der Waals surface area (Å²) in [5.41, 5.74) is 2.31. The first-order chi connectivity index (χ1) is 7.34. The molecule has 0 radical (unpaired) electrons. The summed E-state index contributed by atoms with van der Waals surface area (Å²) in [5, 5.41) is 4.83. The number of hydrogen-bond acceptors (Lipinski definition) is 2. The van der Waals surface area contributed by atoms with Crippen LogP contribution in [0, 0.1) is 0 Å². The highest BCUT2D eigenvalue weighted by Gasteiger charge is 2.24. The van der Waals surface area contributed by atoms with Gasteiger partial charge in [0.1, 0.15) is 5.65 Å². The zero-order valence-electron chi connectivity index (χ0n) is 8.83. The van der Waals surface area contributed by atoms with Crippen molar-refractivity contribution >= 4 is 11.0 Å². The van der Waals surface area contributed by atoms with Gasteiger partial charge in [0.15, 0.2) is 0 Å². The van der Waals surface area contributed by atoms with Gasteiger partial charge in [-0.05, 0) is 37.5 Å². The number of pyridine rings is 1. The molecule has 0 aliphatic heterocycles. The first-order valence-corrected chi connectivity index (χ1v) is 5.52. The fourth-order valence-corrected chi connectivity index (χ4v) is 2.03. The van der Waals surface area contributed by atoms with Crippen LogP contribution in [0.2, 0.25) is 0 Å². The number of H-pyrrole nitrogens is 1. The van der Waals surface area contributed by atoms with E-state index in [9.17, 15) is 0 Å². The van der Waals surface area contributed by atoms with Gasteiger partial charge in [-0.3, -0.25) is 0 Å². The minimum absolute atomic E-state index is 0.412. The minimum atomic E-state index is 0.412. The summed E-state index contributed by atoms with van der Waals surface area (Å²) in [6.07, 6.45) is 6.54. The van der Waals surface area contributed by atoms with Crippen molar-refractivity contribution in [2.45, 2.75) is 31.8 Å². The van der Waals surface area contributed by atoms with Gasteiger partial charge in [0.2, 0.25) is 0 Å². The van der Waals surface area contributed by atoms with Crippen LogP contribution in [0.4, 0.5) is 0 Å². The molecule has 2 aromatic heterocycles. The van der Waals surface area contributed by atoms with Crippen LogP contribution in [0.3, 0.4) is 0 Å². The highest BCUT2D eigenvalue weighted by atomic mass is 15.0. The number of aromatic nitrogens is 2. The molecule has 3 nitrogen and oxygen atoms in total. The molecule has 15 heavy (non-hydrogen) atoms. The van der Waals surface area contributed by atoms with E-state index in [-0.39, 0.29) is 0 Å². The van der Waals surface area contributed by atoms with E-state index in [2.05, 4.69) is 34.5 Å². The Balaban J connectivity index is 1.95. The van der Waals surface area contributed by atoms with E-state index >= 15 is 0 Å². The van der Waals surface area contributed by atoms with E-state index in [1.165, 1.54) is 23.8 Å². The quantitative estimate of drug-likeness (QED) is 0.800. The Morgan fingerprint density at radius 3 is 3.20 bits per heavy atom. The molecule has 2 N–H and O–H groups in total. The zero-order valence-corrected chi connectivity index (χ0v) is 8.83. The lowest BCUT2D eigenvalue weighted by molar-refractivity contribution is 0.574. The van der Waals surface area contributed by atoms with Crippen molar-refractivity contribution in [3.8, 4) is 0 Å². The standard InChI is InChI=1S/C12H15N3/c1-8(15-9-4-5-9)11-7-14-12-10(11)3-2-6-13-12/h2-3,6-9,15H,4-5H2,1H3,(H,13,14)/t8-/m1/s1. The van der Waals surface area contributed by atoms with Gasteiger partial charge >= 0.3 is 0 Å². The first kappa shape index (κ1) is 8.92. The molecule has 78 valence electrons. The molecular formula is C12H15N3. The maximum absolute atomic E-state index is 4.30. The van der Waals surface area contributed by atoms with E-state index in [0.717, 1.165) is 11.7 Å². The summed E-state index contributed by atoms with van der Waals surface area (Å²) in [6, 6.07) is 5.26. The third-order valence-electron chi connectivity index (χ3n) is 3.01. The molecule has 0 saturated heterocycles. The van der Waals surface area contributed by atoms with Gasteiger partial charge in [-0.25, -0.2) is 4.98 Å². The van der Waals surface area contributed by atoms with Crippen LogP contribution in [0.15, 0.2) is 24.5 Å².